The van der Waals surface area contributed by atoms with Gasteiger partial charge in [0, 0.05) is 12.0 Å². The molecule has 7 heteroatoms. The standard InChI is InChI=1S/C11H12ClNO5/c1-6(2)10(11(14)15)18-9-5-7(13(16)17)3-4-8(9)12/h3-6,10H,1-2H3,(H,14,15). The highest BCUT2D eigenvalue weighted by atomic mass is 35.5. The topological polar surface area (TPSA) is 89.7 Å². The Bertz CT molecular complexity index is 475. The molecule has 1 unspecified atom stereocenters. The van der Waals surface area contributed by atoms with Crippen molar-refractivity contribution in [3.8, 4) is 5.75 Å². The monoisotopic (exact) mass is 273 g/mol. The number of carboxylic acid groups (broad SMARTS) is 1. The summed E-state index contributed by atoms with van der Waals surface area (Å²) < 4.78 is 5.22. The van der Waals surface area contributed by atoms with Crippen LogP contribution >= 0.6 is 11.6 Å². The zero-order valence-corrected chi connectivity index (χ0v) is 10.5. The molecule has 0 heterocycles. The van der Waals surface area contributed by atoms with Gasteiger partial charge in [0.25, 0.3) is 5.69 Å². The Hall–Kier alpha value is -1.82. The van der Waals surface area contributed by atoms with E-state index in [0.717, 1.165) is 6.07 Å². The molecule has 0 aliphatic heterocycles. The van der Waals surface area contributed by atoms with Gasteiger partial charge in [0.15, 0.2) is 6.10 Å². The Morgan fingerprint density at radius 2 is 2.11 bits per heavy atom. The van der Waals surface area contributed by atoms with E-state index in [4.69, 9.17) is 21.4 Å². The largest absolute Gasteiger partial charge is 0.478 e. The van der Waals surface area contributed by atoms with E-state index < -0.39 is 17.0 Å². The maximum absolute atomic E-state index is 11.0. The summed E-state index contributed by atoms with van der Waals surface area (Å²) in [6, 6.07) is 3.63. The minimum atomic E-state index is -1.15. The lowest BCUT2D eigenvalue weighted by molar-refractivity contribution is -0.385. The van der Waals surface area contributed by atoms with Crippen LogP contribution in [0.25, 0.3) is 0 Å². The SMILES string of the molecule is CC(C)C(Oc1cc([N+](=O)[O-])ccc1Cl)C(=O)O. The number of nitro groups is 1. The number of aliphatic carboxylic acids is 1. The van der Waals surface area contributed by atoms with Crippen LogP contribution in [0.15, 0.2) is 18.2 Å². The van der Waals surface area contributed by atoms with E-state index >= 15 is 0 Å². The van der Waals surface area contributed by atoms with Crippen LogP contribution in [0.5, 0.6) is 5.75 Å². The molecule has 98 valence electrons. The summed E-state index contributed by atoms with van der Waals surface area (Å²) in [5, 5.41) is 19.7. The summed E-state index contributed by atoms with van der Waals surface area (Å²) in [5.41, 5.74) is -0.206. The van der Waals surface area contributed by atoms with Gasteiger partial charge >= 0.3 is 5.97 Å². The number of hydrogen-bond acceptors (Lipinski definition) is 4. The van der Waals surface area contributed by atoms with E-state index in [9.17, 15) is 14.9 Å². The molecule has 18 heavy (non-hydrogen) atoms. The zero-order chi connectivity index (χ0) is 13.9. The highest BCUT2D eigenvalue weighted by Gasteiger charge is 2.25. The first kappa shape index (κ1) is 14.2. The van der Waals surface area contributed by atoms with Crippen LogP contribution in [0.2, 0.25) is 5.02 Å². The van der Waals surface area contributed by atoms with Gasteiger partial charge in [-0.3, -0.25) is 10.1 Å². The fraction of sp³-hybridized carbons (Fsp3) is 0.364. The highest BCUT2D eigenvalue weighted by molar-refractivity contribution is 6.32. The van der Waals surface area contributed by atoms with Gasteiger partial charge in [-0.2, -0.15) is 0 Å². The fourth-order valence-corrected chi connectivity index (χ4v) is 1.47. The van der Waals surface area contributed by atoms with Crippen molar-refractivity contribution in [2.24, 2.45) is 5.92 Å². The maximum Gasteiger partial charge on any atom is 0.345 e. The van der Waals surface area contributed by atoms with Gasteiger partial charge in [0.05, 0.1) is 16.0 Å². The first-order valence-electron chi connectivity index (χ1n) is 5.16. The zero-order valence-electron chi connectivity index (χ0n) is 9.79. The molecule has 0 fully saturated rings. The average molecular weight is 274 g/mol. The average Bonchev–Trinajstić information content (AvgIpc) is 2.26. The summed E-state index contributed by atoms with van der Waals surface area (Å²) >= 11 is 5.81. The van der Waals surface area contributed by atoms with Crippen LogP contribution in [0, 0.1) is 16.0 Å². The predicted octanol–water partition coefficient (Wildman–Crippen LogP) is 2.74. The van der Waals surface area contributed by atoms with Crippen molar-refractivity contribution in [1.82, 2.24) is 0 Å². The van der Waals surface area contributed by atoms with Crippen molar-refractivity contribution in [1.29, 1.82) is 0 Å². The Labute approximate surface area is 108 Å². The van der Waals surface area contributed by atoms with E-state index in [1.807, 2.05) is 0 Å². The second kappa shape index (κ2) is 5.68. The molecule has 1 atom stereocenters. The third-order valence-corrected chi connectivity index (χ3v) is 2.54. The van der Waals surface area contributed by atoms with Crippen LogP contribution in [0.4, 0.5) is 5.69 Å². The van der Waals surface area contributed by atoms with Crippen LogP contribution in [0.1, 0.15) is 13.8 Å². The lowest BCUT2D eigenvalue weighted by Gasteiger charge is -2.18. The second-order valence-electron chi connectivity index (χ2n) is 3.99. The van der Waals surface area contributed by atoms with Gasteiger partial charge in [-0.1, -0.05) is 25.4 Å². The van der Waals surface area contributed by atoms with Gasteiger partial charge in [0.2, 0.25) is 0 Å². The molecular weight excluding hydrogens is 262 g/mol. The molecule has 0 saturated carbocycles. The van der Waals surface area contributed by atoms with Gasteiger partial charge < -0.3 is 9.84 Å². The van der Waals surface area contributed by atoms with Crippen molar-refractivity contribution < 1.29 is 19.6 Å². The van der Waals surface area contributed by atoms with Crippen LogP contribution in [-0.2, 0) is 4.79 Å². The Morgan fingerprint density at radius 3 is 2.56 bits per heavy atom. The Balaban J connectivity index is 3.05. The Morgan fingerprint density at radius 1 is 1.50 bits per heavy atom. The van der Waals surface area contributed by atoms with Gasteiger partial charge in [-0.15, -0.1) is 0 Å². The van der Waals surface area contributed by atoms with E-state index in [0.29, 0.717) is 0 Å². The number of rotatable bonds is 5. The molecular formula is C11H12ClNO5. The number of halogens is 1. The quantitative estimate of drug-likeness (QED) is 0.658. The van der Waals surface area contributed by atoms with Gasteiger partial charge in [0.1, 0.15) is 5.75 Å². The third-order valence-electron chi connectivity index (χ3n) is 2.23. The van der Waals surface area contributed by atoms with Crippen molar-refractivity contribution >= 4 is 23.3 Å². The van der Waals surface area contributed by atoms with Gasteiger partial charge in [-0.25, -0.2) is 4.79 Å². The number of carboxylic acids is 1. The molecule has 1 rings (SSSR count). The molecule has 1 aromatic rings. The number of nitrogens with zero attached hydrogens (tertiary/aromatic N) is 1. The highest BCUT2D eigenvalue weighted by Crippen LogP contribution is 2.30. The summed E-state index contributed by atoms with van der Waals surface area (Å²) in [6.07, 6.45) is -1.11. The first-order valence-corrected chi connectivity index (χ1v) is 5.54. The van der Waals surface area contributed by atoms with Crippen molar-refractivity contribution in [3.63, 3.8) is 0 Å². The van der Waals surface area contributed by atoms with Crippen molar-refractivity contribution in [3.05, 3.63) is 33.3 Å². The summed E-state index contributed by atoms with van der Waals surface area (Å²) in [4.78, 5) is 21.0. The molecule has 0 amide bonds. The fourth-order valence-electron chi connectivity index (χ4n) is 1.30. The molecule has 0 aromatic heterocycles. The molecule has 0 radical (unpaired) electrons. The molecule has 0 aliphatic carbocycles. The molecule has 0 bridgehead atoms. The second-order valence-corrected chi connectivity index (χ2v) is 4.40. The summed E-state index contributed by atoms with van der Waals surface area (Å²) in [5.74, 6) is -1.45. The third kappa shape index (κ3) is 3.33. The number of ether oxygens (including phenoxy) is 1. The van der Waals surface area contributed by atoms with Crippen molar-refractivity contribution in [2.75, 3.05) is 0 Å². The lowest BCUT2D eigenvalue weighted by atomic mass is 10.1. The summed E-state index contributed by atoms with van der Waals surface area (Å²) in [7, 11) is 0. The minimum absolute atomic E-state index is 0.00744. The molecule has 6 nitrogen and oxygen atoms in total. The molecule has 1 aromatic carbocycles. The maximum atomic E-state index is 11.0. The number of carbonyl (C=O) groups is 1. The van der Waals surface area contributed by atoms with Crippen LogP contribution < -0.4 is 4.74 Å². The number of hydrogen-bond donors (Lipinski definition) is 1. The molecule has 0 saturated heterocycles. The lowest BCUT2D eigenvalue weighted by Crippen LogP contribution is -2.32. The van der Waals surface area contributed by atoms with Crippen LogP contribution in [-0.4, -0.2) is 22.1 Å². The predicted molar refractivity (Wildman–Crippen MR) is 65.0 cm³/mol. The van der Waals surface area contributed by atoms with E-state index in [-0.39, 0.29) is 22.4 Å². The molecule has 0 aliphatic rings. The van der Waals surface area contributed by atoms with E-state index in [1.54, 1.807) is 13.8 Å². The molecule has 0 spiro atoms. The van der Waals surface area contributed by atoms with Gasteiger partial charge in [-0.05, 0) is 6.07 Å². The number of benzene rings is 1. The van der Waals surface area contributed by atoms with Crippen molar-refractivity contribution in [2.45, 2.75) is 20.0 Å². The molecule has 1 N–H and O–H groups in total. The smallest absolute Gasteiger partial charge is 0.345 e. The number of nitro benzene ring substituents is 1. The Kier molecular flexibility index (Phi) is 4.49. The minimum Gasteiger partial charge on any atom is -0.478 e. The normalized spacial score (nSPS) is 12.2. The van der Waals surface area contributed by atoms with Crippen LogP contribution in [0.3, 0.4) is 0 Å². The first-order chi connectivity index (χ1) is 8.32. The number of non-ortho nitro benzene ring substituents is 1. The van der Waals surface area contributed by atoms with E-state index in [2.05, 4.69) is 0 Å². The summed E-state index contributed by atoms with van der Waals surface area (Å²) in [6.45, 7) is 3.34. The van der Waals surface area contributed by atoms with E-state index in [1.165, 1.54) is 12.1 Å².